The highest BCUT2D eigenvalue weighted by atomic mass is 35.5. The fourth-order valence-corrected chi connectivity index (χ4v) is 0.695. The van der Waals surface area contributed by atoms with Gasteiger partial charge >= 0.3 is 0 Å². The zero-order valence-electron chi connectivity index (χ0n) is 5.29. The number of hydrogen-bond acceptors (Lipinski definition) is 3. The average molecular weight is 159 g/mol. The molecule has 0 bridgehead atoms. The van der Waals surface area contributed by atoms with Crippen LogP contribution in [0.5, 0.6) is 0 Å². The molecule has 3 nitrogen and oxygen atoms in total. The Balaban J connectivity index is 2.69. The number of aliphatic hydroxyl groups is 1. The van der Waals surface area contributed by atoms with Crippen molar-refractivity contribution in [3.63, 3.8) is 0 Å². The van der Waals surface area contributed by atoms with Crippen LogP contribution in [0.4, 0.5) is 0 Å². The molecule has 0 aliphatic heterocycles. The topological polar surface area (TPSA) is 46.0 Å². The lowest BCUT2D eigenvalue weighted by molar-refractivity contribution is 0.299. The largest absolute Gasteiger partial charge is 0.396 e. The highest BCUT2D eigenvalue weighted by Crippen LogP contribution is 2.00. The summed E-state index contributed by atoms with van der Waals surface area (Å²) in [5, 5.41) is 8.74. The summed E-state index contributed by atoms with van der Waals surface area (Å²) in [5.41, 5.74) is 0.895. The molecule has 0 saturated heterocycles. The van der Waals surface area contributed by atoms with Crippen molar-refractivity contribution in [2.45, 2.75) is 6.42 Å². The maximum atomic E-state index is 8.50. The van der Waals surface area contributed by atoms with E-state index in [2.05, 4.69) is 9.97 Å². The van der Waals surface area contributed by atoms with Crippen LogP contribution in [0.3, 0.4) is 0 Å². The molecule has 0 radical (unpaired) electrons. The number of aromatic nitrogens is 2. The Bertz CT molecular complexity index is 199. The van der Waals surface area contributed by atoms with Gasteiger partial charge < -0.3 is 5.11 Å². The molecule has 0 aromatic carbocycles. The van der Waals surface area contributed by atoms with E-state index in [4.69, 9.17) is 16.7 Å². The molecule has 0 spiro atoms. The summed E-state index contributed by atoms with van der Waals surface area (Å²) in [6.07, 6.45) is 3.79. The monoisotopic (exact) mass is 158 g/mol. The second-order valence-electron chi connectivity index (χ2n) is 1.83. The first kappa shape index (κ1) is 7.44. The quantitative estimate of drug-likeness (QED) is 0.644. The van der Waals surface area contributed by atoms with Gasteiger partial charge in [0.1, 0.15) is 0 Å². The summed E-state index contributed by atoms with van der Waals surface area (Å²) in [6, 6.07) is 0. The third kappa shape index (κ3) is 1.93. The summed E-state index contributed by atoms with van der Waals surface area (Å²) < 4.78 is 0. The van der Waals surface area contributed by atoms with Crippen molar-refractivity contribution in [1.82, 2.24) is 9.97 Å². The Kier molecular flexibility index (Phi) is 2.59. The van der Waals surface area contributed by atoms with E-state index >= 15 is 0 Å². The van der Waals surface area contributed by atoms with E-state index in [0.717, 1.165) is 5.56 Å². The Morgan fingerprint density at radius 3 is 2.50 bits per heavy atom. The predicted molar refractivity (Wildman–Crippen MR) is 37.8 cm³/mol. The van der Waals surface area contributed by atoms with E-state index in [1.54, 1.807) is 12.4 Å². The van der Waals surface area contributed by atoms with Crippen LogP contribution >= 0.6 is 11.6 Å². The van der Waals surface area contributed by atoms with Crippen LogP contribution in [0.25, 0.3) is 0 Å². The second kappa shape index (κ2) is 3.49. The van der Waals surface area contributed by atoms with Crippen LogP contribution in [0.1, 0.15) is 5.56 Å². The molecular weight excluding hydrogens is 152 g/mol. The first-order valence-electron chi connectivity index (χ1n) is 2.90. The van der Waals surface area contributed by atoms with Crippen molar-refractivity contribution in [2.75, 3.05) is 6.61 Å². The number of aliphatic hydroxyl groups excluding tert-OH is 1. The molecule has 4 heteroatoms. The van der Waals surface area contributed by atoms with E-state index in [9.17, 15) is 0 Å². The molecule has 54 valence electrons. The van der Waals surface area contributed by atoms with E-state index < -0.39 is 0 Å². The number of halogens is 1. The SMILES string of the molecule is OCCc1cnc(Cl)nc1. The molecule has 1 heterocycles. The highest BCUT2D eigenvalue weighted by Gasteiger charge is 1.92. The first-order valence-corrected chi connectivity index (χ1v) is 3.28. The van der Waals surface area contributed by atoms with Gasteiger partial charge in [0.05, 0.1) is 0 Å². The smallest absolute Gasteiger partial charge is 0.222 e. The molecule has 1 rings (SSSR count). The summed E-state index contributed by atoms with van der Waals surface area (Å²) >= 11 is 5.43. The van der Waals surface area contributed by atoms with Gasteiger partial charge in [0, 0.05) is 19.0 Å². The summed E-state index contributed by atoms with van der Waals surface area (Å²) in [4.78, 5) is 7.48. The molecule has 0 fully saturated rings. The fraction of sp³-hybridized carbons (Fsp3) is 0.333. The van der Waals surface area contributed by atoms with Crippen molar-refractivity contribution in [2.24, 2.45) is 0 Å². The summed E-state index contributed by atoms with van der Waals surface area (Å²) in [5.74, 6) is 0. The van der Waals surface area contributed by atoms with Gasteiger partial charge in [-0.05, 0) is 23.6 Å². The van der Waals surface area contributed by atoms with Crippen molar-refractivity contribution >= 4 is 11.6 Å². The van der Waals surface area contributed by atoms with Crippen LogP contribution in [-0.4, -0.2) is 21.7 Å². The molecule has 0 atom stereocenters. The van der Waals surface area contributed by atoms with Crippen LogP contribution in [0.2, 0.25) is 5.28 Å². The van der Waals surface area contributed by atoms with Crippen molar-refractivity contribution in [1.29, 1.82) is 0 Å². The number of hydrogen-bond donors (Lipinski definition) is 1. The van der Waals surface area contributed by atoms with Gasteiger partial charge in [-0.25, -0.2) is 9.97 Å². The maximum absolute atomic E-state index is 8.50. The van der Waals surface area contributed by atoms with Gasteiger partial charge in [-0.1, -0.05) is 0 Å². The third-order valence-electron chi connectivity index (χ3n) is 1.07. The molecule has 0 aliphatic carbocycles. The Morgan fingerprint density at radius 2 is 2.00 bits per heavy atom. The normalized spacial score (nSPS) is 9.80. The van der Waals surface area contributed by atoms with Crippen molar-refractivity contribution in [3.05, 3.63) is 23.2 Å². The summed E-state index contributed by atoms with van der Waals surface area (Å²) in [6.45, 7) is 0.116. The first-order chi connectivity index (χ1) is 4.83. The van der Waals surface area contributed by atoms with Gasteiger partial charge in [-0.15, -0.1) is 0 Å². The van der Waals surface area contributed by atoms with Crippen molar-refractivity contribution < 1.29 is 5.11 Å². The minimum absolute atomic E-state index is 0.116. The Hall–Kier alpha value is -0.670. The lowest BCUT2D eigenvalue weighted by Crippen LogP contribution is -1.92. The number of rotatable bonds is 2. The zero-order chi connectivity index (χ0) is 7.40. The Labute approximate surface area is 63.7 Å². The maximum Gasteiger partial charge on any atom is 0.222 e. The van der Waals surface area contributed by atoms with E-state index in [1.807, 2.05) is 0 Å². The molecule has 0 unspecified atom stereocenters. The van der Waals surface area contributed by atoms with E-state index in [-0.39, 0.29) is 11.9 Å². The zero-order valence-corrected chi connectivity index (χ0v) is 6.04. The second-order valence-corrected chi connectivity index (χ2v) is 2.17. The molecule has 0 amide bonds. The lowest BCUT2D eigenvalue weighted by atomic mass is 10.3. The molecule has 10 heavy (non-hydrogen) atoms. The number of nitrogens with zero attached hydrogens (tertiary/aromatic N) is 2. The van der Waals surface area contributed by atoms with E-state index in [0.29, 0.717) is 6.42 Å². The van der Waals surface area contributed by atoms with Gasteiger partial charge in [0.2, 0.25) is 5.28 Å². The van der Waals surface area contributed by atoms with Gasteiger partial charge in [0.25, 0.3) is 0 Å². The van der Waals surface area contributed by atoms with Crippen LogP contribution in [0, 0.1) is 0 Å². The Morgan fingerprint density at radius 1 is 1.40 bits per heavy atom. The third-order valence-corrected chi connectivity index (χ3v) is 1.27. The minimum atomic E-state index is 0.116. The van der Waals surface area contributed by atoms with E-state index in [1.165, 1.54) is 0 Å². The van der Waals surface area contributed by atoms with Crippen LogP contribution < -0.4 is 0 Å². The molecule has 1 aromatic rings. The van der Waals surface area contributed by atoms with Gasteiger partial charge in [-0.3, -0.25) is 0 Å². The lowest BCUT2D eigenvalue weighted by Gasteiger charge is -1.94. The summed E-state index contributed by atoms with van der Waals surface area (Å²) in [7, 11) is 0. The van der Waals surface area contributed by atoms with Gasteiger partial charge in [-0.2, -0.15) is 0 Å². The van der Waals surface area contributed by atoms with Crippen molar-refractivity contribution in [3.8, 4) is 0 Å². The van der Waals surface area contributed by atoms with Crippen LogP contribution in [0.15, 0.2) is 12.4 Å². The molecular formula is C6H7ClN2O. The minimum Gasteiger partial charge on any atom is -0.396 e. The molecule has 1 aromatic heterocycles. The highest BCUT2D eigenvalue weighted by molar-refractivity contribution is 6.28. The fourth-order valence-electron chi connectivity index (χ4n) is 0.597. The molecule has 0 saturated carbocycles. The van der Waals surface area contributed by atoms with Crippen LogP contribution in [-0.2, 0) is 6.42 Å². The molecule has 1 N–H and O–H groups in total. The predicted octanol–water partition coefficient (Wildman–Crippen LogP) is 0.665. The average Bonchev–Trinajstić information content (AvgIpc) is 1.95. The standard InChI is InChI=1S/C6H7ClN2O/c7-6-8-3-5(1-2-10)4-9-6/h3-4,10H,1-2H2. The molecule has 0 aliphatic rings. The van der Waals surface area contributed by atoms with Gasteiger partial charge in [0.15, 0.2) is 0 Å².